The van der Waals surface area contributed by atoms with Gasteiger partial charge in [0.25, 0.3) is 10.0 Å². The molecule has 2 aromatic carbocycles. The van der Waals surface area contributed by atoms with Crippen molar-refractivity contribution in [1.82, 2.24) is 4.98 Å². The first-order valence-corrected chi connectivity index (χ1v) is 8.54. The summed E-state index contributed by atoms with van der Waals surface area (Å²) in [4.78, 5) is 15.2. The number of hydrogen-bond acceptors (Lipinski definition) is 4. The van der Waals surface area contributed by atoms with Crippen LogP contribution in [-0.2, 0) is 10.0 Å². The lowest BCUT2D eigenvalue weighted by Gasteiger charge is -2.11. The van der Waals surface area contributed by atoms with Crippen LogP contribution in [-0.4, -0.2) is 19.2 Å². The van der Waals surface area contributed by atoms with Crippen LogP contribution in [0.2, 0.25) is 0 Å². The van der Waals surface area contributed by atoms with Gasteiger partial charge < -0.3 is 0 Å². The van der Waals surface area contributed by atoms with Crippen LogP contribution in [0.4, 0.5) is 10.1 Å². The van der Waals surface area contributed by atoms with Gasteiger partial charge in [0.2, 0.25) is 0 Å². The van der Waals surface area contributed by atoms with E-state index in [4.69, 9.17) is 0 Å². The summed E-state index contributed by atoms with van der Waals surface area (Å²) in [6, 6.07) is 11.4. The zero-order chi connectivity index (χ0) is 17.3. The second kappa shape index (κ2) is 6.01. The molecule has 0 bridgehead atoms. The van der Waals surface area contributed by atoms with E-state index in [2.05, 4.69) is 9.71 Å². The lowest BCUT2D eigenvalue weighted by molar-refractivity contribution is 0.101. The van der Waals surface area contributed by atoms with E-state index in [1.807, 2.05) is 0 Å². The summed E-state index contributed by atoms with van der Waals surface area (Å²) >= 11 is 0. The summed E-state index contributed by atoms with van der Waals surface area (Å²) in [6.45, 7) is 1.40. The number of carbonyl (C=O) groups is 1. The predicted molar refractivity (Wildman–Crippen MR) is 89.0 cm³/mol. The molecule has 1 N–H and O–H groups in total. The van der Waals surface area contributed by atoms with Gasteiger partial charge in [-0.1, -0.05) is 12.1 Å². The van der Waals surface area contributed by atoms with Crippen LogP contribution in [0.5, 0.6) is 0 Å². The molecule has 0 saturated heterocycles. The SMILES string of the molecule is CC(=O)c1cccc(NS(=O)(=O)c2ccc(F)c3ncccc23)c1. The van der Waals surface area contributed by atoms with Gasteiger partial charge in [0.05, 0.1) is 4.90 Å². The van der Waals surface area contributed by atoms with Crippen LogP contribution in [0, 0.1) is 5.82 Å². The van der Waals surface area contributed by atoms with Crippen LogP contribution < -0.4 is 4.72 Å². The van der Waals surface area contributed by atoms with E-state index in [0.717, 1.165) is 6.07 Å². The largest absolute Gasteiger partial charge is 0.295 e. The molecule has 0 aliphatic heterocycles. The zero-order valence-corrected chi connectivity index (χ0v) is 13.5. The molecule has 122 valence electrons. The highest BCUT2D eigenvalue weighted by Crippen LogP contribution is 2.26. The van der Waals surface area contributed by atoms with Gasteiger partial charge >= 0.3 is 0 Å². The third-order valence-electron chi connectivity index (χ3n) is 3.49. The van der Waals surface area contributed by atoms with Gasteiger partial charge in [-0.3, -0.25) is 14.5 Å². The average molecular weight is 344 g/mol. The monoisotopic (exact) mass is 344 g/mol. The first-order valence-electron chi connectivity index (χ1n) is 7.05. The molecule has 0 aliphatic rings. The topological polar surface area (TPSA) is 76.1 Å². The van der Waals surface area contributed by atoms with Crippen LogP contribution in [0.1, 0.15) is 17.3 Å². The standard InChI is InChI=1S/C17H13FN2O3S/c1-11(21)12-4-2-5-13(10-12)20-24(22,23)16-8-7-15(18)17-14(16)6-3-9-19-17/h2-10,20H,1H3. The van der Waals surface area contributed by atoms with Gasteiger partial charge in [-0.25, -0.2) is 12.8 Å². The lowest BCUT2D eigenvalue weighted by atomic mass is 10.1. The summed E-state index contributed by atoms with van der Waals surface area (Å²) in [6.07, 6.45) is 1.39. The number of sulfonamides is 1. The van der Waals surface area contributed by atoms with E-state index in [0.29, 0.717) is 5.56 Å². The summed E-state index contributed by atoms with van der Waals surface area (Å²) < 4.78 is 41.5. The number of pyridine rings is 1. The Balaban J connectivity index is 2.08. The van der Waals surface area contributed by atoms with Crippen LogP contribution in [0.25, 0.3) is 10.9 Å². The first kappa shape index (κ1) is 16.1. The highest BCUT2D eigenvalue weighted by molar-refractivity contribution is 7.93. The maximum Gasteiger partial charge on any atom is 0.262 e. The van der Waals surface area contributed by atoms with Gasteiger partial charge in [-0.2, -0.15) is 0 Å². The highest BCUT2D eigenvalue weighted by atomic mass is 32.2. The number of Topliss-reactive ketones (excluding diaryl/α,β-unsaturated/α-hetero) is 1. The summed E-state index contributed by atoms with van der Waals surface area (Å²) in [7, 11) is -3.97. The van der Waals surface area contributed by atoms with E-state index in [-0.39, 0.29) is 27.3 Å². The first-order chi connectivity index (χ1) is 11.4. The molecule has 1 heterocycles. The number of rotatable bonds is 4. The molecule has 3 aromatic rings. The Morgan fingerprint density at radius 3 is 2.67 bits per heavy atom. The Hall–Kier alpha value is -2.80. The van der Waals surface area contributed by atoms with Gasteiger partial charge in [0.1, 0.15) is 11.3 Å². The van der Waals surface area contributed by atoms with E-state index >= 15 is 0 Å². The quantitative estimate of drug-likeness (QED) is 0.736. The van der Waals surface area contributed by atoms with Gasteiger partial charge in [0.15, 0.2) is 5.78 Å². The number of nitrogens with zero attached hydrogens (tertiary/aromatic N) is 1. The number of aromatic nitrogens is 1. The molecule has 3 rings (SSSR count). The molecule has 0 saturated carbocycles. The molecule has 0 atom stereocenters. The molecule has 5 nitrogen and oxygen atoms in total. The van der Waals surface area contributed by atoms with Crippen molar-refractivity contribution in [2.24, 2.45) is 0 Å². The summed E-state index contributed by atoms with van der Waals surface area (Å²) in [5, 5.41) is 0.188. The molecular weight excluding hydrogens is 331 g/mol. The Morgan fingerprint density at radius 1 is 1.12 bits per heavy atom. The summed E-state index contributed by atoms with van der Waals surface area (Å²) in [5.74, 6) is -0.768. The van der Waals surface area contributed by atoms with Crippen molar-refractivity contribution in [2.45, 2.75) is 11.8 Å². The number of hydrogen-bond donors (Lipinski definition) is 1. The molecular formula is C17H13FN2O3S. The minimum atomic E-state index is -3.97. The number of fused-ring (bicyclic) bond motifs is 1. The molecule has 0 spiro atoms. The second-order valence-corrected chi connectivity index (χ2v) is 6.84. The smallest absolute Gasteiger partial charge is 0.262 e. The molecule has 0 amide bonds. The van der Waals surface area contributed by atoms with Crippen LogP contribution in [0.15, 0.2) is 59.6 Å². The number of benzene rings is 2. The van der Waals surface area contributed by atoms with Crippen LogP contribution >= 0.6 is 0 Å². The highest BCUT2D eigenvalue weighted by Gasteiger charge is 2.19. The minimum Gasteiger partial charge on any atom is -0.295 e. The fourth-order valence-electron chi connectivity index (χ4n) is 2.36. The summed E-state index contributed by atoms with van der Waals surface area (Å²) in [5.41, 5.74) is 0.628. The Morgan fingerprint density at radius 2 is 1.92 bits per heavy atom. The zero-order valence-electron chi connectivity index (χ0n) is 12.7. The number of ketones is 1. The number of nitrogens with one attached hydrogen (secondary N) is 1. The van der Waals surface area contributed by atoms with Gasteiger partial charge in [-0.05, 0) is 43.3 Å². The van der Waals surface area contributed by atoms with Gasteiger partial charge in [-0.15, -0.1) is 0 Å². The van der Waals surface area contributed by atoms with Crippen molar-refractivity contribution in [3.63, 3.8) is 0 Å². The van der Waals surface area contributed by atoms with Gasteiger partial charge in [0, 0.05) is 22.8 Å². The number of halogens is 1. The van der Waals surface area contributed by atoms with Crippen molar-refractivity contribution >= 4 is 32.4 Å². The molecule has 0 fully saturated rings. The van der Waals surface area contributed by atoms with Crippen molar-refractivity contribution in [2.75, 3.05) is 4.72 Å². The van der Waals surface area contributed by atoms with Crippen molar-refractivity contribution < 1.29 is 17.6 Å². The third-order valence-corrected chi connectivity index (χ3v) is 4.93. The van der Waals surface area contributed by atoms with E-state index in [1.165, 1.54) is 43.5 Å². The molecule has 0 unspecified atom stereocenters. The fraction of sp³-hybridized carbons (Fsp3) is 0.0588. The number of carbonyl (C=O) groups excluding carboxylic acids is 1. The molecule has 0 aliphatic carbocycles. The van der Waals surface area contributed by atoms with E-state index < -0.39 is 15.8 Å². The normalized spacial score (nSPS) is 11.4. The van der Waals surface area contributed by atoms with Crippen LogP contribution in [0.3, 0.4) is 0 Å². The Kier molecular flexibility index (Phi) is 4.02. The average Bonchev–Trinajstić information content (AvgIpc) is 2.55. The maximum atomic E-state index is 13.8. The van der Waals surface area contributed by atoms with Crippen molar-refractivity contribution in [3.05, 3.63) is 66.1 Å². The Labute approximate surface area is 138 Å². The lowest BCUT2D eigenvalue weighted by Crippen LogP contribution is -2.14. The van der Waals surface area contributed by atoms with Crippen molar-refractivity contribution in [3.8, 4) is 0 Å². The predicted octanol–water partition coefficient (Wildman–Crippen LogP) is 3.38. The maximum absolute atomic E-state index is 13.8. The minimum absolute atomic E-state index is 0.0159. The molecule has 24 heavy (non-hydrogen) atoms. The Bertz CT molecular complexity index is 1050. The molecule has 1 aromatic heterocycles. The number of anilines is 1. The van der Waals surface area contributed by atoms with Crippen molar-refractivity contribution in [1.29, 1.82) is 0 Å². The third kappa shape index (κ3) is 2.98. The second-order valence-electron chi connectivity index (χ2n) is 5.19. The molecule has 0 radical (unpaired) electrons. The fourth-order valence-corrected chi connectivity index (χ4v) is 3.61. The molecule has 7 heteroatoms. The van der Waals surface area contributed by atoms with E-state index in [1.54, 1.807) is 12.1 Å². The van der Waals surface area contributed by atoms with E-state index in [9.17, 15) is 17.6 Å².